The van der Waals surface area contributed by atoms with Gasteiger partial charge >= 0.3 is 0 Å². The normalized spacial score (nSPS) is 19.0. The van der Waals surface area contributed by atoms with E-state index in [1.807, 2.05) is 19.9 Å². The third-order valence-electron chi connectivity index (χ3n) is 3.50. The van der Waals surface area contributed by atoms with Crippen LogP contribution in [0.3, 0.4) is 0 Å². The van der Waals surface area contributed by atoms with Crippen molar-refractivity contribution in [3.63, 3.8) is 0 Å². The lowest BCUT2D eigenvalue weighted by Crippen LogP contribution is -2.34. The van der Waals surface area contributed by atoms with Crippen molar-refractivity contribution in [3.05, 3.63) is 33.7 Å². The highest BCUT2D eigenvalue weighted by molar-refractivity contribution is 5.94. The Morgan fingerprint density at radius 2 is 2.32 bits per heavy atom. The fraction of sp³-hybridized carbons (Fsp3) is 0.571. The quantitative estimate of drug-likeness (QED) is 0.637. The molecule has 1 saturated heterocycles. The van der Waals surface area contributed by atoms with Crippen LogP contribution in [0.2, 0.25) is 0 Å². The zero-order chi connectivity index (χ0) is 14.0. The van der Waals surface area contributed by atoms with Crippen LogP contribution < -0.4 is 11.3 Å². The van der Waals surface area contributed by atoms with Gasteiger partial charge < -0.3 is 15.0 Å². The van der Waals surface area contributed by atoms with Gasteiger partial charge in [0.15, 0.2) is 0 Å². The third kappa shape index (κ3) is 2.87. The minimum Gasteiger partial charge on any atom is -0.384 e. The maximum atomic E-state index is 12.4. The maximum Gasteiger partial charge on any atom is 0.261 e. The number of amidine groups is 1. The number of nitrogens with two attached hydrogens (primary N) is 1. The second kappa shape index (κ2) is 5.57. The molecule has 0 saturated carbocycles. The Morgan fingerprint density at radius 3 is 2.84 bits per heavy atom. The Labute approximate surface area is 112 Å². The van der Waals surface area contributed by atoms with E-state index in [-0.39, 0.29) is 29.0 Å². The number of nitrogen functional groups attached to an aromatic ring is 1. The van der Waals surface area contributed by atoms with Crippen LogP contribution in [0.4, 0.5) is 0 Å². The molecule has 1 unspecified atom stereocenters. The molecule has 3 N–H and O–H groups in total. The van der Waals surface area contributed by atoms with Gasteiger partial charge in [-0.05, 0) is 30.9 Å². The topological polar surface area (TPSA) is 81.1 Å². The molecule has 0 radical (unpaired) electrons. The van der Waals surface area contributed by atoms with E-state index in [4.69, 9.17) is 15.9 Å². The summed E-state index contributed by atoms with van der Waals surface area (Å²) in [7, 11) is 0. The first-order valence-corrected chi connectivity index (χ1v) is 6.70. The fourth-order valence-electron chi connectivity index (χ4n) is 2.48. The first-order valence-electron chi connectivity index (χ1n) is 6.70. The smallest absolute Gasteiger partial charge is 0.261 e. The van der Waals surface area contributed by atoms with Gasteiger partial charge in [-0.2, -0.15) is 0 Å². The number of nitrogens with one attached hydrogen (secondary N) is 1. The fourth-order valence-corrected chi connectivity index (χ4v) is 2.48. The van der Waals surface area contributed by atoms with Crippen LogP contribution in [0.15, 0.2) is 16.9 Å². The molecule has 0 aromatic carbocycles. The van der Waals surface area contributed by atoms with E-state index < -0.39 is 0 Å². The number of pyridine rings is 1. The van der Waals surface area contributed by atoms with Gasteiger partial charge in [0.25, 0.3) is 5.56 Å². The van der Waals surface area contributed by atoms with Gasteiger partial charge in [-0.15, -0.1) is 0 Å². The summed E-state index contributed by atoms with van der Waals surface area (Å²) < 4.78 is 7.32. The Bertz CT molecular complexity index is 528. The number of nitrogens with zero attached hydrogens (tertiary/aromatic N) is 1. The zero-order valence-corrected chi connectivity index (χ0v) is 11.5. The van der Waals surface area contributed by atoms with Gasteiger partial charge in [0.2, 0.25) is 0 Å². The molecule has 1 aromatic heterocycles. The van der Waals surface area contributed by atoms with Crippen molar-refractivity contribution in [2.24, 2.45) is 5.73 Å². The van der Waals surface area contributed by atoms with Crippen LogP contribution in [0.25, 0.3) is 0 Å². The van der Waals surface area contributed by atoms with Crippen molar-refractivity contribution in [2.45, 2.75) is 45.3 Å². The molecule has 1 aromatic rings. The first kappa shape index (κ1) is 13.8. The van der Waals surface area contributed by atoms with E-state index in [9.17, 15) is 4.79 Å². The summed E-state index contributed by atoms with van der Waals surface area (Å²) in [4.78, 5) is 12.4. The lowest BCUT2D eigenvalue weighted by Gasteiger charge is -2.19. The van der Waals surface area contributed by atoms with E-state index in [1.165, 1.54) is 0 Å². The minimum atomic E-state index is -0.186. The van der Waals surface area contributed by atoms with E-state index in [0.717, 1.165) is 25.1 Å². The molecular weight excluding hydrogens is 242 g/mol. The average Bonchev–Trinajstić information content (AvgIpc) is 2.83. The number of aromatic nitrogens is 1. The van der Waals surface area contributed by atoms with Gasteiger partial charge in [-0.25, -0.2) is 0 Å². The maximum absolute atomic E-state index is 12.4. The highest BCUT2D eigenvalue weighted by atomic mass is 16.5. The van der Waals surface area contributed by atoms with E-state index in [1.54, 1.807) is 10.6 Å². The molecule has 1 atom stereocenters. The van der Waals surface area contributed by atoms with Gasteiger partial charge in [-0.1, -0.05) is 13.8 Å². The molecule has 1 aliphatic heterocycles. The van der Waals surface area contributed by atoms with E-state index in [2.05, 4.69) is 0 Å². The number of hydrogen-bond donors (Lipinski definition) is 2. The second-order valence-electron chi connectivity index (χ2n) is 5.29. The molecule has 0 aliphatic carbocycles. The SMILES string of the molecule is CC(C)c1ccc(C(=N)N)c(=O)n1CC1CCCO1. The second-order valence-corrected chi connectivity index (χ2v) is 5.29. The first-order chi connectivity index (χ1) is 9.00. The molecule has 0 spiro atoms. The predicted octanol–water partition coefficient (Wildman–Crippen LogP) is 1.43. The highest BCUT2D eigenvalue weighted by Gasteiger charge is 2.20. The number of hydrogen-bond acceptors (Lipinski definition) is 3. The summed E-state index contributed by atoms with van der Waals surface area (Å²) in [5.74, 6) is 0.0662. The van der Waals surface area contributed by atoms with Gasteiger partial charge in [0, 0.05) is 12.3 Å². The molecule has 2 rings (SSSR count). The summed E-state index contributed by atoms with van der Waals surface area (Å²) in [5, 5.41) is 7.47. The van der Waals surface area contributed by atoms with Crippen LogP contribution >= 0.6 is 0 Å². The monoisotopic (exact) mass is 263 g/mol. The van der Waals surface area contributed by atoms with Crippen LogP contribution in [0.5, 0.6) is 0 Å². The van der Waals surface area contributed by atoms with E-state index in [0.29, 0.717) is 6.54 Å². The lowest BCUT2D eigenvalue weighted by atomic mass is 10.1. The molecule has 0 bridgehead atoms. The van der Waals surface area contributed by atoms with Crippen LogP contribution in [0.1, 0.15) is 43.9 Å². The van der Waals surface area contributed by atoms with Crippen molar-refractivity contribution in [1.29, 1.82) is 5.41 Å². The minimum absolute atomic E-state index is 0.0948. The van der Waals surface area contributed by atoms with Crippen LogP contribution in [-0.4, -0.2) is 23.1 Å². The molecule has 1 aliphatic rings. The Morgan fingerprint density at radius 1 is 1.58 bits per heavy atom. The van der Waals surface area contributed by atoms with Gasteiger partial charge in [0.1, 0.15) is 5.84 Å². The Kier molecular flexibility index (Phi) is 4.04. The molecule has 0 amide bonds. The summed E-state index contributed by atoms with van der Waals surface area (Å²) in [5.41, 5.74) is 6.50. The molecule has 5 nitrogen and oxygen atoms in total. The van der Waals surface area contributed by atoms with Crippen LogP contribution in [0, 0.1) is 5.41 Å². The number of rotatable bonds is 4. The number of ether oxygens (including phenoxy) is 1. The summed E-state index contributed by atoms with van der Waals surface area (Å²) >= 11 is 0. The van der Waals surface area contributed by atoms with Gasteiger partial charge in [-0.3, -0.25) is 10.2 Å². The Balaban J connectivity index is 2.43. The summed E-state index contributed by atoms with van der Waals surface area (Å²) in [6.45, 7) is 5.42. The molecule has 1 fully saturated rings. The van der Waals surface area contributed by atoms with Crippen molar-refractivity contribution in [2.75, 3.05) is 6.61 Å². The van der Waals surface area contributed by atoms with Crippen molar-refractivity contribution < 1.29 is 4.74 Å². The third-order valence-corrected chi connectivity index (χ3v) is 3.50. The average molecular weight is 263 g/mol. The molecule has 104 valence electrons. The van der Waals surface area contributed by atoms with Crippen molar-refractivity contribution in [1.82, 2.24) is 4.57 Å². The highest BCUT2D eigenvalue weighted by Crippen LogP contribution is 2.18. The van der Waals surface area contributed by atoms with Crippen LogP contribution in [-0.2, 0) is 11.3 Å². The summed E-state index contributed by atoms with van der Waals surface area (Å²) in [6.07, 6.45) is 2.12. The molecule has 2 heterocycles. The zero-order valence-electron chi connectivity index (χ0n) is 11.5. The molecule has 19 heavy (non-hydrogen) atoms. The van der Waals surface area contributed by atoms with Crippen molar-refractivity contribution >= 4 is 5.84 Å². The predicted molar refractivity (Wildman–Crippen MR) is 74.8 cm³/mol. The Hall–Kier alpha value is -1.62. The largest absolute Gasteiger partial charge is 0.384 e. The van der Waals surface area contributed by atoms with Crippen molar-refractivity contribution in [3.8, 4) is 0 Å². The lowest BCUT2D eigenvalue weighted by molar-refractivity contribution is 0.0952. The summed E-state index contributed by atoms with van der Waals surface area (Å²) in [6, 6.07) is 3.53. The van der Waals surface area contributed by atoms with Gasteiger partial charge in [0.05, 0.1) is 18.2 Å². The molecular formula is C14H21N3O2. The standard InChI is InChI=1S/C14H21N3O2/c1-9(2)12-6-5-11(13(15)16)14(18)17(12)8-10-4-3-7-19-10/h5-6,9-10H,3-4,7-8H2,1-2H3,(H3,15,16). The van der Waals surface area contributed by atoms with E-state index >= 15 is 0 Å². The molecule has 5 heteroatoms.